The van der Waals surface area contributed by atoms with E-state index in [-0.39, 0.29) is 12.0 Å². The van der Waals surface area contributed by atoms with Crippen LogP contribution in [0.1, 0.15) is 49.6 Å². The molecule has 37 heavy (non-hydrogen) atoms. The molecule has 198 valence electrons. The van der Waals surface area contributed by atoms with Gasteiger partial charge in [0.2, 0.25) is 0 Å². The summed E-state index contributed by atoms with van der Waals surface area (Å²) in [4.78, 5) is 14.4. The highest BCUT2D eigenvalue weighted by Crippen LogP contribution is 2.33. The molecule has 1 aromatic heterocycles. The third-order valence-corrected chi connectivity index (χ3v) is 9.18. The average Bonchev–Trinajstić information content (AvgIpc) is 3.48. The lowest BCUT2D eigenvalue weighted by Crippen LogP contribution is -2.44. The predicted octanol–water partition coefficient (Wildman–Crippen LogP) is 7.18. The number of carbonyl (C=O) groups is 1. The van der Waals surface area contributed by atoms with Crippen LogP contribution in [0.25, 0.3) is 10.4 Å². The van der Waals surface area contributed by atoms with Gasteiger partial charge in [0.25, 0.3) is 0 Å². The highest BCUT2D eigenvalue weighted by molar-refractivity contribution is 7.97. The molecule has 0 radical (unpaired) electrons. The van der Waals surface area contributed by atoms with E-state index in [0.717, 1.165) is 23.9 Å². The monoisotopic (exact) mass is 536 g/mol. The molecule has 3 aromatic rings. The summed E-state index contributed by atoms with van der Waals surface area (Å²) in [5, 5.41) is 12.8. The van der Waals surface area contributed by atoms with Crippen molar-refractivity contribution < 1.29 is 9.90 Å². The lowest BCUT2D eigenvalue weighted by molar-refractivity contribution is -0.136. The zero-order chi connectivity index (χ0) is 26.4. The first kappa shape index (κ1) is 27.9. The van der Waals surface area contributed by atoms with Gasteiger partial charge in [-0.05, 0) is 118 Å². The molecule has 1 heterocycles. The van der Waals surface area contributed by atoms with Gasteiger partial charge in [-0.1, -0.05) is 43.3 Å². The lowest BCUT2D eigenvalue weighted by Gasteiger charge is -2.31. The number of nitrogens with one attached hydrogen (secondary N) is 1. The Bertz CT molecular complexity index is 1160. The first-order valence-corrected chi connectivity index (χ1v) is 14.9. The fourth-order valence-corrected chi connectivity index (χ4v) is 7.37. The zero-order valence-electron chi connectivity index (χ0n) is 22.5. The standard InChI is InChI=1S/C31H40N2O2S2/c1-22(20-32-31(2,3)19-23-16-24-8-5-6-9-25(24)17-23)21-33(4)37-28-11-7-10-26(18-28)29-14-12-27(36-29)13-15-30(34)35/h5-12,14,18,22-23,32H,13,15-17,19-21H2,1-4H3,(H,34,35)/t22-/m1/s1. The van der Waals surface area contributed by atoms with Crippen LogP contribution in [0.3, 0.4) is 0 Å². The number of thiophene rings is 1. The van der Waals surface area contributed by atoms with E-state index >= 15 is 0 Å². The molecule has 2 N–H and O–H groups in total. The molecule has 2 aromatic carbocycles. The zero-order valence-corrected chi connectivity index (χ0v) is 24.1. The second kappa shape index (κ2) is 12.6. The minimum absolute atomic E-state index is 0.130. The van der Waals surface area contributed by atoms with Crippen LogP contribution in [0.2, 0.25) is 0 Å². The molecule has 0 bridgehead atoms. The number of aliphatic carboxylic acids is 1. The van der Waals surface area contributed by atoms with E-state index in [4.69, 9.17) is 5.11 Å². The molecule has 1 atom stereocenters. The van der Waals surface area contributed by atoms with Crippen molar-refractivity contribution >= 4 is 29.3 Å². The number of hydrogen-bond donors (Lipinski definition) is 2. The highest BCUT2D eigenvalue weighted by Gasteiger charge is 2.28. The fraction of sp³-hybridized carbons (Fsp3) is 0.452. The van der Waals surface area contributed by atoms with Gasteiger partial charge in [0, 0.05) is 26.7 Å². The Kier molecular flexibility index (Phi) is 9.51. The molecule has 1 aliphatic carbocycles. The van der Waals surface area contributed by atoms with Gasteiger partial charge < -0.3 is 10.4 Å². The van der Waals surface area contributed by atoms with Crippen LogP contribution in [0.5, 0.6) is 0 Å². The smallest absolute Gasteiger partial charge is 0.303 e. The SMILES string of the molecule is C[C@H](CNC(C)(C)CC1Cc2ccccc2C1)CN(C)Sc1cccc(-c2ccc(CCC(=O)O)s2)c1. The van der Waals surface area contributed by atoms with Gasteiger partial charge in [-0.15, -0.1) is 11.3 Å². The maximum absolute atomic E-state index is 10.9. The molecule has 0 fully saturated rings. The van der Waals surface area contributed by atoms with Crippen molar-refractivity contribution in [2.45, 2.75) is 63.3 Å². The molecule has 0 saturated heterocycles. The van der Waals surface area contributed by atoms with Crippen LogP contribution in [0.15, 0.2) is 65.6 Å². The van der Waals surface area contributed by atoms with Gasteiger partial charge in [-0.3, -0.25) is 4.79 Å². The first-order chi connectivity index (χ1) is 17.7. The average molecular weight is 537 g/mol. The molecule has 0 aliphatic heterocycles. The summed E-state index contributed by atoms with van der Waals surface area (Å²) in [6, 6.07) is 21.7. The van der Waals surface area contributed by atoms with E-state index in [2.05, 4.69) is 98.1 Å². The summed E-state index contributed by atoms with van der Waals surface area (Å²) in [6.07, 6.45) is 4.40. The summed E-state index contributed by atoms with van der Waals surface area (Å²) < 4.78 is 2.33. The number of nitrogens with zero attached hydrogens (tertiary/aromatic N) is 1. The van der Waals surface area contributed by atoms with E-state index in [1.165, 1.54) is 45.7 Å². The molecular weight excluding hydrogens is 496 g/mol. The summed E-state index contributed by atoms with van der Waals surface area (Å²) in [5.74, 6) is 0.524. The molecule has 0 amide bonds. The summed E-state index contributed by atoms with van der Waals surface area (Å²) in [7, 11) is 2.17. The minimum atomic E-state index is -0.746. The van der Waals surface area contributed by atoms with Gasteiger partial charge >= 0.3 is 5.97 Å². The van der Waals surface area contributed by atoms with Gasteiger partial charge in [-0.2, -0.15) is 0 Å². The van der Waals surface area contributed by atoms with Crippen LogP contribution in [0, 0.1) is 11.8 Å². The number of rotatable bonds is 13. The second-order valence-electron chi connectivity index (χ2n) is 11.2. The maximum Gasteiger partial charge on any atom is 0.303 e. The van der Waals surface area contributed by atoms with Crippen LogP contribution < -0.4 is 5.32 Å². The fourth-order valence-electron chi connectivity index (χ4n) is 5.36. The van der Waals surface area contributed by atoms with Crippen molar-refractivity contribution in [2.24, 2.45) is 11.8 Å². The Morgan fingerprint density at radius 3 is 2.57 bits per heavy atom. The molecule has 4 nitrogen and oxygen atoms in total. The molecule has 0 saturated carbocycles. The number of carboxylic acids is 1. The van der Waals surface area contributed by atoms with Crippen molar-refractivity contribution in [3.05, 3.63) is 76.7 Å². The third kappa shape index (κ3) is 8.44. The Labute approximate surface area is 230 Å². The van der Waals surface area contributed by atoms with E-state index in [9.17, 15) is 4.79 Å². The van der Waals surface area contributed by atoms with Crippen LogP contribution in [-0.4, -0.2) is 41.1 Å². The summed E-state index contributed by atoms with van der Waals surface area (Å²) in [5.41, 5.74) is 4.40. The Morgan fingerprint density at radius 2 is 1.86 bits per heavy atom. The van der Waals surface area contributed by atoms with Gasteiger partial charge in [-0.25, -0.2) is 4.31 Å². The summed E-state index contributed by atoms with van der Waals surface area (Å²) >= 11 is 3.47. The van der Waals surface area contributed by atoms with Crippen molar-refractivity contribution in [3.8, 4) is 10.4 Å². The van der Waals surface area contributed by atoms with E-state index in [1.807, 2.05) is 0 Å². The lowest BCUT2D eigenvalue weighted by atomic mass is 9.88. The number of benzene rings is 2. The highest BCUT2D eigenvalue weighted by atomic mass is 32.2. The number of carboxylic acid groups (broad SMARTS) is 1. The Morgan fingerprint density at radius 1 is 1.14 bits per heavy atom. The molecule has 6 heteroatoms. The van der Waals surface area contributed by atoms with E-state index < -0.39 is 5.97 Å². The van der Waals surface area contributed by atoms with Gasteiger partial charge in [0.1, 0.15) is 0 Å². The first-order valence-electron chi connectivity index (χ1n) is 13.3. The molecule has 0 spiro atoms. The number of aryl methyl sites for hydroxylation is 1. The van der Waals surface area contributed by atoms with Crippen molar-refractivity contribution in [1.29, 1.82) is 0 Å². The molecular formula is C31H40N2O2S2. The minimum Gasteiger partial charge on any atom is -0.481 e. The Balaban J connectivity index is 1.23. The summed E-state index contributed by atoms with van der Waals surface area (Å²) in [6.45, 7) is 9.04. The molecule has 1 aliphatic rings. The van der Waals surface area contributed by atoms with Crippen LogP contribution in [-0.2, 0) is 24.1 Å². The van der Waals surface area contributed by atoms with Crippen molar-refractivity contribution in [1.82, 2.24) is 9.62 Å². The maximum atomic E-state index is 10.9. The van der Waals surface area contributed by atoms with Crippen LogP contribution in [0.4, 0.5) is 0 Å². The normalized spacial score (nSPS) is 14.7. The third-order valence-electron chi connectivity index (χ3n) is 7.06. The molecule has 4 rings (SSSR count). The number of fused-ring (bicyclic) bond motifs is 1. The quantitative estimate of drug-likeness (QED) is 0.227. The van der Waals surface area contributed by atoms with E-state index in [1.54, 1.807) is 23.3 Å². The van der Waals surface area contributed by atoms with Crippen LogP contribution >= 0.6 is 23.3 Å². The second-order valence-corrected chi connectivity index (χ2v) is 13.7. The topological polar surface area (TPSA) is 52.6 Å². The largest absolute Gasteiger partial charge is 0.481 e. The van der Waals surface area contributed by atoms with Crippen molar-refractivity contribution in [2.75, 3.05) is 20.1 Å². The predicted molar refractivity (Wildman–Crippen MR) is 157 cm³/mol. The van der Waals surface area contributed by atoms with Gasteiger partial charge in [0.05, 0.1) is 6.42 Å². The Hall–Kier alpha value is -2.12. The van der Waals surface area contributed by atoms with Gasteiger partial charge in [0.15, 0.2) is 0 Å². The number of hydrogen-bond acceptors (Lipinski definition) is 5. The van der Waals surface area contributed by atoms with E-state index in [0.29, 0.717) is 12.3 Å². The van der Waals surface area contributed by atoms with Crippen molar-refractivity contribution in [3.63, 3.8) is 0 Å². The molecule has 0 unspecified atom stereocenters.